The highest BCUT2D eigenvalue weighted by molar-refractivity contribution is 5.87. The van der Waals surface area contributed by atoms with Crippen molar-refractivity contribution in [1.82, 2.24) is 19.5 Å². The Morgan fingerprint density at radius 3 is 2.72 bits per heavy atom. The molecule has 1 atom stereocenters. The van der Waals surface area contributed by atoms with E-state index in [0.717, 1.165) is 12.8 Å². The maximum Gasteiger partial charge on any atom is 0.410 e. The number of hydrogen-bond donors (Lipinski definition) is 1. The van der Waals surface area contributed by atoms with Gasteiger partial charge >= 0.3 is 12.1 Å². The molecule has 1 N–H and O–H groups in total. The fraction of sp³-hybridized carbons (Fsp3) is 0.529. The third-order valence-corrected chi connectivity index (χ3v) is 4.11. The van der Waals surface area contributed by atoms with Crippen LogP contribution in [-0.4, -0.2) is 55.4 Å². The van der Waals surface area contributed by atoms with Gasteiger partial charge in [-0.2, -0.15) is 0 Å². The number of hydrogen-bond acceptors (Lipinski definition) is 5. The minimum Gasteiger partial charge on any atom is -0.478 e. The lowest BCUT2D eigenvalue weighted by molar-refractivity contribution is 0.0195. The monoisotopic (exact) mass is 346 g/mol. The van der Waals surface area contributed by atoms with Crippen molar-refractivity contribution < 1.29 is 19.4 Å². The quantitative estimate of drug-likeness (QED) is 0.897. The van der Waals surface area contributed by atoms with Crippen molar-refractivity contribution in [2.75, 3.05) is 13.1 Å². The lowest BCUT2D eigenvalue weighted by Crippen LogP contribution is -2.42. The number of fused-ring (bicyclic) bond motifs is 1. The highest BCUT2D eigenvalue weighted by atomic mass is 16.6. The Balaban J connectivity index is 1.84. The molecule has 0 saturated carbocycles. The summed E-state index contributed by atoms with van der Waals surface area (Å²) in [5.41, 5.74) is 0.227. The number of pyridine rings is 1. The lowest BCUT2D eigenvalue weighted by Gasteiger charge is -2.33. The molecule has 1 aliphatic rings. The Bertz CT molecular complexity index is 809. The summed E-state index contributed by atoms with van der Waals surface area (Å²) in [5, 5.41) is 17.5. The average Bonchev–Trinajstić information content (AvgIpc) is 2.96. The molecule has 1 fully saturated rings. The lowest BCUT2D eigenvalue weighted by atomic mass is 9.97. The van der Waals surface area contributed by atoms with E-state index in [1.54, 1.807) is 15.4 Å². The van der Waals surface area contributed by atoms with Gasteiger partial charge in [0.2, 0.25) is 0 Å². The molecule has 1 aliphatic heterocycles. The second kappa shape index (κ2) is 6.34. The predicted molar refractivity (Wildman–Crippen MR) is 89.7 cm³/mol. The Labute approximate surface area is 145 Å². The molecule has 1 amide bonds. The molecular formula is C17H22N4O4. The third-order valence-electron chi connectivity index (χ3n) is 4.11. The third kappa shape index (κ3) is 3.72. The van der Waals surface area contributed by atoms with Crippen LogP contribution in [0.2, 0.25) is 0 Å². The predicted octanol–water partition coefficient (Wildman–Crippen LogP) is 2.54. The number of rotatable bonds is 2. The first-order valence-electron chi connectivity index (χ1n) is 8.30. The Morgan fingerprint density at radius 2 is 2.04 bits per heavy atom. The van der Waals surface area contributed by atoms with Crippen LogP contribution < -0.4 is 0 Å². The first-order chi connectivity index (χ1) is 11.7. The molecule has 134 valence electrons. The first kappa shape index (κ1) is 17.2. The van der Waals surface area contributed by atoms with Gasteiger partial charge in [0, 0.05) is 25.2 Å². The molecular weight excluding hydrogens is 324 g/mol. The van der Waals surface area contributed by atoms with E-state index in [2.05, 4.69) is 10.2 Å². The first-order valence-corrected chi connectivity index (χ1v) is 8.30. The van der Waals surface area contributed by atoms with Gasteiger partial charge in [0.15, 0.2) is 5.65 Å². The van der Waals surface area contributed by atoms with E-state index in [-0.39, 0.29) is 17.6 Å². The number of carboxylic acids is 1. The highest BCUT2D eigenvalue weighted by Crippen LogP contribution is 2.27. The van der Waals surface area contributed by atoms with E-state index in [0.29, 0.717) is 24.6 Å². The second-order valence-electron chi connectivity index (χ2n) is 7.27. The molecule has 0 spiro atoms. The molecule has 25 heavy (non-hydrogen) atoms. The van der Waals surface area contributed by atoms with Crippen molar-refractivity contribution in [1.29, 1.82) is 0 Å². The molecule has 0 bridgehead atoms. The molecule has 0 aliphatic carbocycles. The number of aromatic carboxylic acids is 1. The Hall–Kier alpha value is -2.64. The summed E-state index contributed by atoms with van der Waals surface area (Å²) in [4.78, 5) is 25.2. The summed E-state index contributed by atoms with van der Waals surface area (Å²) >= 11 is 0. The molecule has 0 radical (unpaired) electrons. The van der Waals surface area contributed by atoms with Crippen LogP contribution in [0.4, 0.5) is 4.79 Å². The van der Waals surface area contributed by atoms with E-state index < -0.39 is 11.6 Å². The van der Waals surface area contributed by atoms with Crippen LogP contribution in [0.5, 0.6) is 0 Å². The zero-order valence-electron chi connectivity index (χ0n) is 14.6. The number of carbonyl (C=O) groups is 2. The van der Waals surface area contributed by atoms with Crippen LogP contribution >= 0.6 is 0 Å². The van der Waals surface area contributed by atoms with Gasteiger partial charge in [-0.1, -0.05) is 0 Å². The number of carboxylic acid groups (broad SMARTS) is 1. The summed E-state index contributed by atoms with van der Waals surface area (Å²) < 4.78 is 7.15. The maximum absolute atomic E-state index is 12.3. The molecule has 8 heteroatoms. The largest absolute Gasteiger partial charge is 0.478 e. The summed E-state index contributed by atoms with van der Waals surface area (Å²) in [5.74, 6) is -0.341. The SMILES string of the molecule is CC(C)(C)OC(=O)N1CCCC(c2nnc3ccc(C(=O)O)cn23)C1. The van der Waals surface area contributed by atoms with Crippen molar-refractivity contribution >= 4 is 17.7 Å². The zero-order chi connectivity index (χ0) is 18.2. The second-order valence-corrected chi connectivity index (χ2v) is 7.27. The summed E-state index contributed by atoms with van der Waals surface area (Å²) in [6.07, 6.45) is 2.88. The van der Waals surface area contributed by atoms with Crippen LogP contribution in [0.1, 0.15) is 55.7 Å². The van der Waals surface area contributed by atoms with Gasteiger partial charge in [-0.25, -0.2) is 9.59 Å². The topological polar surface area (TPSA) is 97.0 Å². The van der Waals surface area contributed by atoms with Crippen molar-refractivity contribution in [3.8, 4) is 0 Å². The standard InChI is InChI=1S/C17H22N4O4/c1-17(2,3)25-16(24)20-8-4-5-11(9-20)14-19-18-13-7-6-12(15(22)23)10-21(13)14/h6-7,10-11H,4-5,8-9H2,1-3H3,(H,22,23). The molecule has 1 unspecified atom stereocenters. The van der Waals surface area contributed by atoms with E-state index in [9.17, 15) is 14.7 Å². The van der Waals surface area contributed by atoms with Gasteiger partial charge in [-0.05, 0) is 45.7 Å². The molecule has 0 aromatic carbocycles. The van der Waals surface area contributed by atoms with Crippen LogP contribution in [-0.2, 0) is 4.74 Å². The maximum atomic E-state index is 12.3. The van der Waals surface area contributed by atoms with Crippen LogP contribution in [0.3, 0.4) is 0 Å². The van der Waals surface area contributed by atoms with E-state index in [1.165, 1.54) is 12.3 Å². The van der Waals surface area contributed by atoms with Gasteiger partial charge < -0.3 is 14.7 Å². The summed E-state index contributed by atoms with van der Waals surface area (Å²) in [6, 6.07) is 3.14. The Morgan fingerprint density at radius 1 is 1.28 bits per heavy atom. The van der Waals surface area contributed by atoms with Crippen molar-refractivity contribution in [3.05, 3.63) is 29.7 Å². The minimum absolute atomic E-state index is 0.0136. The van der Waals surface area contributed by atoms with Crippen LogP contribution in [0, 0.1) is 0 Å². The van der Waals surface area contributed by atoms with Gasteiger partial charge in [-0.15, -0.1) is 10.2 Å². The molecule has 2 aromatic heterocycles. The van der Waals surface area contributed by atoms with E-state index >= 15 is 0 Å². The zero-order valence-corrected chi connectivity index (χ0v) is 14.6. The smallest absolute Gasteiger partial charge is 0.410 e. The number of amides is 1. The number of aromatic nitrogens is 3. The van der Waals surface area contributed by atoms with Crippen molar-refractivity contribution in [2.24, 2.45) is 0 Å². The Kier molecular flexibility index (Phi) is 4.36. The fourth-order valence-electron chi connectivity index (χ4n) is 2.99. The van der Waals surface area contributed by atoms with E-state index in [4.69, 9.17) is 4.74 Å². The van der Waals surface area contributed by atoms with Crippen molar-refractivity contribution in [3.63, 3.8) is 0 Å². The normalized spacial score (nSPS) is 18.4. The van der Waals surface area contributed by atoms with Crippen LogP contribution in [0.15, 0.2) is 18.3 Å². The number of carbonyl (C=O) groups excluding carboxylic acids is 1. The molecule has 8 nitrogen and oxygen atoms in total. The molecule has 3 heterocycles. The number of likely N-dealkylation sites (tertiary alicyclic amines) is 1. The van der Waals surface area contributed by atoms with Crippen molar-refractivity contribution in [2.45, 2.75) is 45.1 Å². The van der Waals surface area contributed by atoms with Gasteiger partial charge in [0.25, 0.3) is 0 Å². The van der Waals surface area contributed by atoms with Gasteiger partial charge in [0.1, 0.15) is 11.4 Å². The summed E-state index contributed by atoms with van der Waals surface area (Å²) in [7, 11) is 0. The number of nitrogens with zero attached hydrogens (tertiary/aromatic N) is 4. The minimum atomic E-state index is -0.999. The fourth-order valence-corrected chi connectivity index (χ4v) is 2.99. The molecule has 1 saturated heterocycles. The van der Waals surface area contributed by atoms with Crippen LogP contribution in [0.25, 0.3) is 5.65 Å². The number of piperidine rings is 1. The van der Waals surface area contributed by atoms with E-state index in [1.807, 2.05) is 20.8 Å². The molecule has 3 rings (SSSR count). The van der Waals surface area contributed by atoms with Gasteiger partial charge in [-0.3, -0.25) is 4.40 Å². The highest BCUT2D eigenvalue weighted by Gasteiger charge is 2.30. The summed E-state index contributed by atoms with van der Waals surface area (Å²) in [6.45, 7) is 6.64. The number of ether oxygens (including phenoxy) is 1. The van der Waals surface area contributed by atoms with Gasteiger partial charge in [0.05, 0.1) is 5.56 Å². The average molecular weight is 346 g/mol. The molecule has 2 aromatic rings.